The number of fused-ring (bicyclic) bond motifs is 3. The Morgan fingerprint density at radius 2 is 2.00 bits per heavy atom. The minimum Gasteiger partial charge on any atom is -0.382 e. The number of amides is 1. The van der Waals surface area contributed by atoms with Crippen LogP contribution in [0.5, 0.6) is 0 Å². The van der Waals surface area contributed by atoms with Crippen LogP contribution in [0.2, 0.25) is 0 Å². The van der Waals surface area contributed by atoms with E-state index >= 15 is 0 Å². The van der Waals surface area contributed by atoms with E-state index in [9.17, 15) is 4.79 Å². The lowest BCUT2D eigenvalue weighted by Crippen LogP contribution is -2.42. The van der Waals surface area contributed by atoms with E-state index in [0.717, 1.165) is 41.9 Å². The van der Waals surface area contributed by atoms with Gasteiger partial charge in [-0.25, -0.2) is 9.97 Å². The van der Waals surface area contributed by atoms with Gasteiger partial charge in [0.25, 0.3) is 0 Å². The highest BCUT2D eigenvalue weighted by molar-refractivity contribution is 5.93. The number of aromatic nitrogens is 3. The fourth-order valence-corrected chi connectivity index (χ4v) is 3.21. The zero-order valence-corrected chi connectivity index (χ0v) is 18.6. The number of nitrogens with zero attached hydrogens (tertiary/aromatic N) is 3. The Balaban J connectivity index is 0.000000989. The zero-order valence-electron chi connectivity index (χ0n) is 18.6. The van der Waals surface area contributed by atoms with Crippen molar-refractivity contribution in [2.45, 2.75) is 66.2 Å². The van der Waals surface area contributed by atoms with Gasteiger partial charge in [0.1, 0.15) is 17.9 Å². The molecule has 8 nitrogen and oxygen atoms in total. The van der Waals surface area contributed by atoms with Crippen LogP contribution >= 0.6 is 0 Å². The molecule has 0 radical (unpaired) electrons. The second-order valence-electron chi connectivity index (χ2n) is 6.89. The minimum absolute atomic E-state index is 0.389. The minimum atomic E-state index is -0.431. The molecule has 0 aliphatic heterocycles. The quantitative estimate of drug-likeness (QED) is 0.610. The molecule has 2 aromatic rings. The molecule has 5 N–H and O–H groups in total. The number of nitrogens with one attached hydrogen (secondary N) is 1. The van der Waals surface area contributed by atoms with Gasteiger partial charge in [-0.15, -0.1) is 0 Å². The lowest BCUT2D eigenvalue weighted by molar-refractivity contribution is -0.111. The Kier molecular flexibility index (Phi) is 9.77. The van der Waals surface area contributed by atoms with Crippen molar-refractivity contribution in [3.05, 3.63) is 23.2 Å². The fourth-order valence-electron chi connectivity index (χ4n) is 3.21. The van der Waals surface area contributed by atoms with E-state index in [1.54, 1.807) is 0 Å². The topological polar surface area (TPSA) is 121 Å². The lowest BCUT2D eigenvalue weighted by atomic mass is 10.0. The van der Waals surface area contributed by atoms with Gasteiger partial charge in [-0.1, -0.05) is 26.0 Å². The Morgan fingerprint density at radius 1 is 1.31 bits per heavy atom. The average molecular weight is 405 g/mol. The first kappa shape index (κ1) is 24.6. The van der Waals surface area contributed by atoms with Crippen LogP contribution in [0.15, 0.2) is 6.08 Å². The van der Waals surface area contributed by atoms with Gasteiger partial charge in [0.2, 0.25) is 6.41 Å². The molecule has 0 aromatic carbocycles. The number of aryl methyl sites for hydroxylation is 1. The number of anilines is 1. The molecule has 0 fully saturated rings. The molecule has 29 heavy (non-hydrogen) atoms. The molecule has 0 saturated carbocycles. The molecule has 1 amide bonds. The summed E-state index contributed by atoms with van der Waals surface area (Å²) in [6.07, 6.45) is 6.80. The Labute approximate surface area is 173 Å². The van der Waals surface area contributed by atoms with Crippen LogP contribution < -0.4 is 16.8 Å². The molecule has 3 rings (SSSR count). The fraction of sp³-hybridized carbons (Fsp3) is 0.571. The molecule has 8 heteroatoms. The summed E-state index contributed by atoms with van der Waals surface area (Å²) in [6, 6.07) is 0. The summed E-state index contributed by atoms with van der Waals surface area (Å²) in [5.41, 5.74) is 14.0. The van der Waals surface area contributed by atoms with E-state index in [1.807, 2.05) is 34.6 Å². The molecule has 0 spiro atoms. The van der Waals surface area contributed by atoms with Crippen molar-refractivity contribution in [1.82, 2.24) is 19.9 Å². The third kappa shape index (κ3) is 5.77. The number of imidazole rings is 1. The van der Waals surface area contributed by atoms with Crippen molar-refractivity contribution < 1.29 is 9.53 Å². The highest BCUT2D eigenvalue weighted by Crippen LogP contribution is 2.31. The summed E-state index contributed by atoms with van der Waals surface area (Å²) in [6.45, 7) is 11.5. The SMILES string of the molecule is CC.CCOCc1nc2c(N)nc3c(c2n1CC(C)(C)NC=O)C=CCC3.CN. The maximum Gasteiger partial charge on any atom is 0.207 e. The van der Waals surface area contributed by atoms with Gasteiger partial charge in [-0.05, 0) is 40.7 Å². The van der Waals surface area contributed by atoms with E-state index in [0.29, 0.717) is 31.1 Å². The Bertz CT molecular complexity index is 826. The normalized spacial score (nSPS) is 12.4. The van der Waals surface area contributed by atoms with Gasteiger partial charge in [-0.2, -0.15) is 0 Å². The average Bonchev–Trinajstić information content (AvgIpc) is 3.08. The first-order valence-corrected chi connectivity index (χ1v) is 10.2. The Morgan fingerprint density at radius 3 is 2.62 bits per heavy atom. The number of rotatable bonds is 7. The summed E-state index contributed by atoms with van der Waals surface area (Å²) >= 11 is 0. The highest BCUT2D eigenvalue weighted by atomic mass is 16.5. The molecule has 2 heterocycles. The van der Waals surface area contributed by atoms with Crippen LogP contribution in [0.1, 0.15) is 58.1 Å². The van der Waals surface area contributed by atoms with Crippen molar-refractivity contribution in [2.24, 2.45) is 5.73 Å². The molecule has 0 bridgehead atoms. The molecule has 0 atom stereocenters. The smallest absolute Gasteiger partial charge is 0.207 e. The molecular weight excluding hydrogens is 368 g/mol. The number of pyridine rings is 1. The van der Waals surface area contributed by atoms with Gasteiger partial charge < -0.3 is 26.1 Å². The van der Waals surface area contributed by atoms with Gasteiger partial charge in [0.15, 0.2) is 5.82 Å². The third-order valence-electron chi connectivity index (χ3n) is 4.38. The van der Waals surface area contributed by atoms with Crippen molar-refractivity contribution in [3.63, 3.8) is 0 Å². The molecule has 1 aliphatic carbocycles. The zero-order chi connectivity index (χ0) is 22.0. The summed E-state index contributed by atoms with van der Waals surface area (Å²) in [5.74, 6) is 1.24. The van der Waals surface area contributed by atoms with Crippen molar-refractivity contribution >= 4 is 29.3 Å². The monoisotopic (exact) mass is 404 g/mol. The number of ether oxygens (including phenoxy) is 1. The molecular formula is C21H36N6O2. The van der Waals surface area contributed by atoms with Gasteiger partial charge in [-0.3, -0.25) is 4.79 Å². The summed E-state index contributed by atoms with van der Waals surface area (Å²) < 4.78 is 7.70. The first-order chi connectivity index (χ1) is 14.0. The molecule has 0 unspecified atom stereocenters. The van der Waals surface area contributed by atoms with Crippen LogP contribution in [0.25, 0.3) is 17.1 Å². The third-order valence-corrected chi connectivity index (χ3v) is 4.38. The summed E-state index contributed by atoms with van der Waals surface area (Å²) in [4.78, 5) is 20.2. The van der Waals surface area contributed by atoms with Gasteiger partial charge >= 0.3 is 0 Å². The number of hydrogen-bond donors (Lipinski definition) is 3. The van der Waals surface area contributed by atoms with E-state index in [2.05, 4.69) is 32.8 Å². The van der Waals surface area contributed by atoms with Gasteiger partial charge in [0.05, 0.1) is 16.7 Å². The number of allylic oxidation sites excluding steroid dienone is 1. The van der Waals surface area contributed by atoms with Crippen molar-refractivity contribution in [1.29, 1.82) is 0 Å². The van der Waals surface area contributed by atoms with Crippen molar-refractivity contribution in [3.8, 4) is 0 Å². The number of carbonyl (C=O) groups excluding carboxylic acids is 1. The van der Waals surface area contributed by atoms with E-state index in [1.165, 1.54) is 7.05 Å². The summed E-state index contributed by atoms with van der Waals surface area (Å²) in [5, 5.41) is 2.87. The maximum atomic E-state index is 11.0. The van der Waals surface area contributed by atoms with Crippen molar-refractivity contribution in [2.75, 3.05) is 19.4 Å². The largest absolute Gasteiger partial charge is 0.382 e. The number of nitrogens with two attached hydrogens (primary N) is 2. The number of nitrogen functional groups attached to an aromatic ring is 1. The molecule has 1 aliphatic rings. The summed E-state index contributed by atoms with van der Waals surface area (Å²) in [7, 11) is 1.50. The second-order valence-corrected chi connectivity index (χ2v) is 6.89. The maximum absolute atomic E-state index is 11.0. The van der Waals surface area contributed by atoms with Crippen LogP contribution in [0.3, 0.4) is 0 Å². The standard InChI is InChI=1S/C18H25N5O2.C2H6.CH5N/c1-4-25-9-14-22-15-16(23(14)10-18(2,3)20-11-24)12-7-5-6-8-13(12)21-17(15)19;2*1-2/h5,7,11H,4,6,8-10H2,1-3H3,(H2,19,21)(H,20,24);1-2H3;2H2,1H3. The second kappa shape index (κ2) is 11.5. The van der Waals surface area contributed by atoms with E-state index in [4.69, 9.17) is 15.5 Å². The first-order valence-electron chi connectivity index (χ1n) is 10.2. The molecule has 2 aromatic heterocycles. The van der Waals surface area contributed by atoms with Crippen LogP contribution in [0.4, 0.5) is 5.82 Å². The van der Waals surface area contributed by atoms with Gasteiger partial charge in [0, 0.05) is 18.7 Å². The molecule has 162 valence electrons. The Hall–Kier alpha value is -2.45. The number of carbonyl (C=O) groups is 1. The van der Waals surface area contributed by atoms with E-state index < -0.39 is 5.54 Å². The van der Waals surface area contributed by atoms with Crippen LogP contribution in [0, 0.1) is 0 Å². The van der Waals surface area contributed by atoms with Crippen LogP contribution in [-0.2, 0) is 29.1 Å². The lowest BCUT2D eigenvalue weighted by Gasteiger charge is -2.26. The van der Waals surface area contributed by atoms with E-state index in [-0.39, 0.29) is 0 Å². The molecule has 0 saturated heterocycles. The highest BCUT2D eigenvalue weighted by Gasteiger charge is 2.25. The predicted octanol–water partition coefficient (Wildman–Crippen LogP) is 2.64. The predicted molar refractivity (Wildman–Crippen MR) is 119 cm³/mol. The number of hydrogen-bond acceptors (Lipinski definition) is 6. The van der Waals surface area contributed by atoms with Crippen LogP contribution in [-0.4, -0.2) is 40.1 Å².